The van der Waals surface area contributed by atoms with E-state index in [1.165, 1.54) is 12.8 Å². The van der Waals surface area contributed by atoms with E-state index in [0.717, 1.165) is 24.9 Å². The molecule has 106 valence electrons. The number of unbranched alkanes of at least 4 members (excludes halogenated alkanes) is 3. The Balaban J connectivity index is 2.22. The minimum absolute atomic E-state index is 0.0518. The van der Waals surface area contributed by atoms with E-state index in [1.807, 2.05) is 13.0 Å². The summed E-state index contributed by atoms with van der Waals surface area (Å²) >= 11 is 5.85. The normalized spacial score (nSPS) is 10.3. The van der Waals surface area contributed by atoms with Crippen molar-refractivity contribution in [1.29, 1.82) is 0 Å². The van der Waals surface area contributed by atoms with Crippen molar-refractivity contribution in [3.63, 3.8) is 0 Å². The molecule has 0 atom stereocenters. The molecule has 0 fully saturated rings. The quantitative estimate of drug-likeness (QED) is 0.739. The maximum absolute atomic E-state index is 11.6. The van der Waals surface area contributed by atoms with E-state index in [9.17, 15) is 4.79 Å². The first-order chi connectivity index (χ1) is 9.13. The van der Waals surface area contributed by atoms with Gasteiger partial charge in [-0.2, -0.15) is 0 Å². The number of hydrogen-bond acceptors (Lipinski definition) is 2. The first-order valence-corrected chi connectivity index (χ1v) is 7.17. The summed E-state index contributed by atoms with van der Waals surface area (Å²) in [7, 11) is 0. The van der Waals surface area contributed by atoms with E-state index >= 15 is 0 Å². The van der Waals surface area contributed by atoms with E-state index < -0.39 is 0 Å². The Morgan fingerprint density at radius 2 is 2.11 bits per heavy atom. The molecule has 0 bridgehead atoms. The highest BCUT2D eigenvalue weighted by Crippen LogP contribution is 2.21. The van der Waals surface area contributed by atoms with Crippen LogP contribution in [0.4, 0.5) is 0 Å². The fraction of sp³-hybridized carbons (Fsp3) is 0.533. The maximum Gasteiger partial charge on any atom is 0.257 e. The third kappa shape index (κ3) is 6.48. The second-order valence-electron chi connectivity index (χ2n) is 4.61. The van der Waals surface area contributed by atoms with Crippen molar-refractivity contribution in [3.05, 3.63) is 28.8 Å². The highest BCUT2D eigenvalue weighted by molar-refractivity contribution is 6.30. The molecule has 0 spiro atoms. The predicted octanol–water partition coefficient (Wildman–Crippen LogP) is 3.72. The number of rotatable bonds is 8. The van der Waals surface area contributed by atoms with Crippen molar-refractivity contribution in [3.8, 4) is 5.75 Å². The summed E-state index contributed by atoms with van der Waals surface area (Å²) in [4.78, 5) is 11.6. The van der Waals surface area contributed by atoms with Crippen LogP contribution in [-0.2, 0) is 4.79 Å². The number of hydrogen-bond donors (Lipinski definition) is 1. The van der Waals surface area contributed by atoms with Gasteiger partial charge in [-0.15, -0.1) is 0 Å². The van der Waals surface area contributed by atoms with Gasteiger partial charge in [0, 0.05) is 11.6 Å². The second kappa shape index (κ2) is 8.81. The number of carbonyl (C=O) groups excluding carboxylic acids is 1. The molecule has 0 saturated heterocycles. The van der Waals surface area contributed by atoms with Gasteiger partial charge in [-0.1, -0.05) is 37.8 Å². The second-order valence-corrected chi connectivity index (χ2v) is 5.05. The number of benzene rings is 1. The van der Waals surface area contributed by atoms with E-state index in [0.29, 0.717) is 10.8 Å². The number of carbonyl (C=O) groups is 1. The van der Waals surface area contributed by atoms with Gasteiger partial charge in [0.1, 0.15) is 5.75 Å². The Morgan fingerprint density at radius 3 is 2.79 bits per heavy atom. The van der Waals surface area contributed by atoms with Gasteiger partial charge in [0.2, 0.25) is 0 Å². The molecule has 1 rings (SSSR count). The van der Waals surface area contributed by atoms with Gasteiger partial charge < -0.3 is 10.1 Å². The molecule has 3 nitrogen and oxygen atoms in total. The highest BCUT2D eigenvalue weighted by atomic mass is 35.5. The molecule has 0 unspecified atom stereocenters. The molecule has 19 heavy (non-hydrogen) atoms. The van der Waals surface area contributed by atoms with Crippen LogP contribution in [0.3, 0.4) is 0 Å². The van der Waals surface area contributed by atoms with Crippen LogP contribution in [0.1, 0.15) is 38.2 Å². The lowest BCUT2D eigenvalue weighted by atomic mass is 10.2. The largest absolute Gasteiger partial charge is 0.484 e. The van der Waals surface area contributed by atoms with Crippen LogP contribution in [0.15, 0.2) is 18.2 Å². The van der Waals surface area contributed by atoms with Crippen LogP contribution in [0.5, 0.6) is 5.75 Å². The van der Waals surface area contributed by atoms with Crippen molar-refractivity contribution in [2.75, 3.05) is 13.2 Å². The lowest BCUT2D eigenvalue weighted by Crippen LogP contribution is -2.29. The summed E-state index contributed by atoms with van der Waals surface area (Å²) in [5.41, 5.74) is 0.934. The molecule has 0 aromatic heterocycles. The molecule has 0 aliphatic heterocycles. The predicted molar refractivity (Wildman–Crippen MR) is 78.8 cm³/mol. The zero-order valence-electron chi connectivity index (χ0n) is 11.7. The lowest BCUT2D eigenvalue weighted by molar-refractivity contribution is -0.123. The van der Waals surface area contributed by atoms with E-state index in [2.05, 4.69) is 12.2 Å². The third-order valence-electron chi connectivity index (χ3n) is 2.85. The Bertz CT molecular complexity index is 407. The molecule has 1 aromatic rings. The van der Waals surface area contributed by atoms with Gasteiger partial charge in [-0.3, -0.25) is 4.79 Å². The van der Waals surface area contributed by atoms with E-state index in [4.69, 9.17) is 16.3 Å². The zero-order valence-corrected chi connectivity index (χ0v) is 12.4. The van der Waals surface area contributed by atoms with Crippen molar-refractivity contribution < 1.29 is 9.53 Å². The van der Waals surface area contributed by atoms with Gasteiger partial charge in [0.25, 0.3) is 5.91 Å². The smallest absolute Gasteiger partial charge is 0.257 e. The first-order valence-electron chi connectivity index (χ1n) is 6.79. The molecular formula is C15H22ClNO2. The molecule has 0 aliphatic rings. The molecule has 1 aromatic carbocycles. The van der Waals surface area contributed by atoms with Crippen LogP contribution in [-0.4, -0.2) is 19.1 Å². The summed E-state index contributed by atoms with van der Waals surface area (Å²) in [5, 5.41) is 3.52. The van der Waals surface area contributed by atoms with E-state index in [-0.39, 0.29) is 12.5 Å². The minimum Gasteiger partial charge on any atom is -0.484 e. The lowest BCUT2D eigenvalue weighted by Gasteiger charge is -2.09. The summed E-state index contributed by atoms with van der Waals surface area (Å²) in [6, 6.07) is 5.36. The molecule has 0 radical (unpaired) electrons. The van der Waals surface area contributed by atoms with Gasteiger partial charge in [0.05, 0.1) is 0 Å². The van der Waals surface area contributed by atoms with Gasteiger partial charge in [0.15, 0.2) is 6.61 Å². The summed E-state index contributed by atoms with van der Waals surface area (Å²) in [6.07, 6.45) is 4.61. The number of nitrogens with one attached hydrogen (secondary N) is 1. The average Bonchev–Trinajstić information content (AvgIpc) is 2.37. The number of halogens is 1. The van der Waals surface area contributed by atoms with Crippen molar-refractivity contribution in [2.45, 2.75) is 39.5 Å². The Morgan fingerprint density at radius 1 is 1.32 bits per heavy atom. The van der Waals surface area contributed by atoms with Crippen molar-refractivity contribution >= 4 is 17.5 Å². The number of aryl methyl sites for hydroxylation is 1. The van der Waals surface area contributed by atoms with Crippen LogP contribution >= 0.6 is 11.6 Å². The summed E-state index contributed by atoms with van der Waals surface area (Å²) < 4.78 is 5.46. The standard InChI is InChI=1S/C15H22ClNO2/c1-3-4-5-6-9-17-15(18)11-19-14-8-7-13(16)10-12(14)2/h7-8,10H,3-6,9,11H2,1-2H3,(H,17,18). The Hall–Kier alpha value is -1.22. The van der Waals surface area contributed by atoms with Gasteiger partial charge in [-0.25, -0.2) is 0 Å². The van der Waals surface area contributed by atoms with Crippen LogP contribution in [0, 0.1) is 6.92 Å². The van der Waals surface area contributed by atoms with Gasteiger partial charge in [-0.05, 0) is 37.1 Å². The van der Waals surface area contributed by atoms with E-state index in [1.54, 1.807) is 12.1 Å². The molecule has 1 N–H and O–H groups in total. The minimum atomic E-state index is -0.0779. The van der Waals surface area contributed by atoms with Crippen molar-refractivity contribution in [1.82, 2.24) is 5.32 Å². The molecule has 0 heterocycles. The first kappa shape index (κ1) is 15.8. The number of ether oxygens (including phenoxy) is 1. The van der Waals surface area contributed by atoms with Gasteiger partial charge >= 0.3 is 0 Å². The molecule has 4 heteroatoms. The van der Waals surface area contributed by atoms with Crippen LogP contribution in [0.25, 0.3) is 0 Å². The summed E-state index contributed by atoms with van der Waals surface area (Å²) in [5.74, 6) is 0.622. The van der Waals surface area contributed by atoms with Crippen molar-refractivity contribution in [2.24, 2.45) is 0 Å². The zero-order chi connectivity index (χ0) is 14.1. The topological polar surface area (TPSA) is 38.3 Å². The SMILES string of the molecule is CCCCCCNC(=O)COc1ccc(Cl)cc1C. The fourth-order valence-electron chi connectivity index (χ4n) is 1.75. The molecule has 0 saturated carbocycles. The highest BCUT2D eigenvalue weighted by Gasteiger charge is 2.04. The monoisotopic (exact) mass is 283 g/mol. The Kier molecular flexibility index (Phi) is 7.34. The average molecular weight is 284 g/mol. The molecule has 0 aliphatic carbocycles. The maximum atomic E-state index is 11.6. The Labute approximate surface area is 120 Å². The molecular weight excluding hydrogens is 262 g/mol. The fourth-order valence-corrected chi connectivity index (χ4v) is 1.98. The van der Waals surface area contributed by atoms with Crippen LogP contribution in [0.2, 0.25) is 5.02 Å². The summed E-state index contributed by atoms with van der Waals surface area (Å²) in [6.45, 7) is 4.85. The third-order valence-corrected chi connectivity index (χ3v) is 3.08. The van der Waals surface area contributed by atoms with Crippen LogP contribution < -0.4 is 10.1 Å². The molecule has 1 amide bonds. The number of amides is 1.